The number of rotatable bonds is 9. The van der Waals surface area contributed by atoms with Crippen molar-refractivity contribution in [3.8, 4) is 0 Å². The number of hydrogen-bond donors (Lipinski definition) is 2. The molecule has 1 heterocycles. The van der Waals surface area contributed by atoms with E-state index in [1.165, 1.54) is 31.2 Å². The Hall–Kier alpha value is -1.30. The highest BCUT2D eigenvalue weighted by atomic mass is 35.5. The third-order valence-electron chi connectivity index (χ3n) is 5.97. The van der Waals surface area contributed by atoms with Crippen molar-refractivity contribution in [3.05, 3.63) is 34.9 Å². The fourth-order valence-corrected chi connectivity index (χ4v) is 4.37. The maximum Gasteiger partial charge on any atom is 0.191 e. The van der Waals surface area contributed by atoms with Crippen LogP contribution in [-0.4, -0.2) is 52.5 Å². The smallest absolute Gasteiger partial charge is 0.191 e. The Morgan fingerprint density at radius 1 is 1.25 bits per heavy atom. The average Bonchev–Trinajstić information content (AvgIpc) is 3.40. The van der Waals surface area contributed by atoms with Crippen LogP contribution >= 0.6 is 11.6 Å². The molecular weight excluding hydrogens is 374 g/mol. The van der Waals surface area contributed by atoms with Gasteiger partial charge in [-0.1, -0.05) is 36.6 Å². The number of guanidine groups is 1. The molecule has 2 aliphatic rings. The third-order valence-corrected chi connectivity index (χ3v) is 6.22. The van der Waals surface area contributed by atoms with Crippen LogP contribution in [0.25, 0.3) is 0 Å². The van der Waals surface area contributed by atoms with Gasteiger partial charge in [0.2, 0.25) is 0 Å². The molecule has 6 heteroatoms. The molecule has 1 saturated heterocycles. The van der Waals surface area contributed by atoms with Gasteiger partial charge in [-0.2, -0.15) is 0 Å². The van der Waals surface area contributed by atoms with E-state index in [-0.39, 0.29) is 5.41 Å². The number of hydrogen-bond acceptors (Lipinski definition) is 3. The van der Waals surface area contributed by atoms with Crippen LogP contribution in [0.2, 0.25) is 5.02 Å². The lowest BCUT2D eigenvalue weighted by atomic mass is 9.79. The lowest BCUT2D eigenvalue weighted by molar-refractivity contribution is 0.0888. The molecule has 0 spiro atoms. The number of aliphatic imine (C=N–C) groups is 1. The van der Waals surface area contributed by atoms with Crippen LogP contribution in [0.1, 0.15) is 44.1 Å². The molecule has 0 aromatic heterocycles. The van der Waals surface area contributed by atoms with E-state index < -0.39 is 0 Å². The van der Waals surface area contributed by atoms with Crippen molar-refractivity contribution in [2.75, 3.05) is 46.6 Å². The largest absolute Gasteiger partial charge is 0.381 e. The van der Waals surface area contributed by atoms with E-state index >= 15 is 0 Å². The highest BCUT2D eigenvalue weighted by Crippen LogP contribution is 2.40. The second-order valence-corrected chi connectivity index (χ2v) is 8.44. The van der Waals surface area contributed by atoms with E-state index in [1.54, 1.807) is 0 Å². The molecule has 28 heavy (non-hydrogen) atoms. The van der Waals surface area contributed by atoms with E-state index in [9.17, 15) is 0 Å². The zero-order chi connectivity index (χ0) is 19.7. The molecule has 0 bridgehead atoms. The summed E-state index contributed by atoms with van der Waals surface area (Å²) in [5, 5.41) is 7.76. The van der Waals surface area contributed by atoms with Crippen LogP contribution in [0, 0.1) is 5.92 Å². The normalized spacial score (nSPS) is 21.8. The molecule has 2 fully saturated rings. The van der Waals surface area contributed by atoms with Crippen LogP contribution in [0.5, 0.6) is 0 Å². The Morgan fingerprint density at radius 2 is 2.04 bits per heavy atom. The number of benzene rings is 1. The molecule has 0 amide bonds. The summed E-state index contributed by atoms with van der Waals surface area (Å²) in [7, 11) is 1.83. The van der Waals surface area contributed by atoms with E-state index in [1.807, 2.05) is 19.2 Å². The maximum atomic E-state index is 6.08. The number of nitrogens with one attached hydrogen (secondary N) is 2. The summed E-state index contributed by atoms with van der Waals surface area (Å²) in [4.78, 5) is 4.38. The van der Waals surface area contributed by atoms with Crippen LogP contribution in [0.15, 0.2) is 29.3 Å². The maximum absolute atomic E-state index is 6.08. The summed E-state index contributed by atoms with van der Waals surface area (Å²) >= 11 is 6.08. The van der Waals surface area contributed by atoms with E-state index in [0.29, 0.717) is 5.92 Å². The standard InChI is InChI=1S/C22H34ClN3O2/c1-24-21(25-12-4-13-27-15-18-9-14-28-16-18)26-17-22(10-2-3-11-22)19-5-7-20(23)8-6-19/h5-8,18H,2-4,9-17H2,1H3,(H2,24,25,26). The Morgan fingerprint density at radius 3 is 2.71 bits per heavy atom. The minimum absolute atomic E-state index is 0.175. The molecule has 1 saturated carbocycles. The Balaban J connectivity index is 1.39. The summed E-state index contributed by atoms with van der Waals surface area (Å²) in [6, 6.07) is 8.36. The van der Waals surface area contributed by atoms with Crippen LogP contribution < -0.4 is 10.6 Å². The summed E-state index contributed by atoms with van der Waals surface area (Å²) < 4.78 is 11.1. The third kappa shape index (κ3) is 6.10. The molecule has 1 aromatic carbocycles. The second-order valence-electron chi connectivity index (χ2n) is 8.00. The van der Waals surface area contributed by atoms with Gasteiger partial charge in [0.1, 0.15) is 0 Å². The lowest BCUT2D eigenvalue weighted by Crippen LogP contribution is -2.45. The van der Waals surface area contributed by atoms with Crippen LogP contribution in [0.4, 0.5) is 0 Å². The fraction of sp³-hybridized carbons (Fsp3) is 0.682. The Kier molecular flexibility index (Phi) is 8.44. The highest BCUT2D eigenvalue weighted by Gasteiger charge is 2.35. The summed E-state index contributed by atoms with van der Waals surface area (Å²) in [5.74, 6) is 1.45. The van der Waals surface area contributed by atoms with Gasteiger partial charge in [0.15, 0.2) is 5.96 Å². The Bertz CT molecular complexity index is 609. The van der Waals surface area contributed by atoms with Crippen molar-refractivity contribution in [2.45, 2.75) is 43.9 Å². The van der Waals surface area contributed by atoms with Crippen LogP contribution in [0.3, 0.4) is 0 Å². The molecule has 5 nitrogen and oxygen atoms in total. The minimum atomic E-state index is 0.175. The van der Waals surface area contributed by atoms with Crippen molar-refractivity contribution in [2.24, 2.45) is 10.9 Å². The van der Waals surface area contributed by atoms with Gasteiger partial charge in [-0.3, -0.25) is 4.99 Å². The number of halogens is 1. The predicted octanol–water partition coefficient (Wildman–Crippen LogP) is 3.76. The first-order valence-corrected chi connectivity index (χ1v) is 11.0. The molecule has 3 rings (SSSR count). The van der Waals surface area contributed by atoms with Crippen molar-refractivity contribution in [3.63, 3.8) is 0 Å². The van der Waals surface area contributed by atoms with E-state index in [4.69, 9.17) is 21.1 Å². The molecule has 0 radical (unpaired) electrons. The summed E-state index contributed by atoms with van der Waals surface area (Å²) in [5.41, 5.74) is 1.55. The molecule has 1 unspecified atom stereocenters. The van der Waals surface area contributed by atoms with E-state index in [0.717, 1.165) is 63.3 Å². The molecule has 2 N–H and O–H groups in total. The van der Waals surface area contributed by atoms with Gasteiger partial charge in [-0.25, -0.2) is 0 Å². The van der Waals surface area contributed by atoms with Gasteiger partial charge < -0.3 is 20.1 Å². The highest BCUT2D eigenvalue weighted by molar-refractivity contribution is 6.30. The van der Waals surface area contributed by atoms with Gasteiger partial charge in [-0.05, 0) is 43.4 Å². The summed E-state index contributed by atoms with van der Waals surface area (Å²) in [6.07, 6.45) is 7.06. The molecule has 1 aliphatic heterocycles. The SMILES string of the molecule is CN=C(NCCCOCC1CCOC1)NCC1(c2ccc(Cl)cc2)CCCC1. The first-order chi connectivity index (χ1) is 13.7. The van der Waals surface area contributed by atoms with Gasteiger partial charge >= 0.3 is 0 Å². The molecule has 156 valence electrons. The first kappa shape index (κ1) is 21.4. The monoisotopic (exact) mass is 407 g/mol. The molecule has 1 aliphatic carbocycles. The van der Waals surface area contributed by atoms with Gasteiger partial charge in [0.05, 0.1) is 13.2 Å². The van der Waals surface area contributed by atoms with Gasteiger partial charge in [0.25, 0.3) is 0 Å². The van der Waals surface area contributed by atoms with Crippen LogP contribution in [-0.2, 0) is 14.9 Å². The average molecular weight is 408 g/mol. The minimum Gasteiger partial charge on any atom is -0.381 e. The number of nitrogens with zero attached hydrogens (tertiary/aromatic N) is 1. The Labute approximate surface area is 174 Å². The van der Waals surface area contributed by atoms with Crippen molar-refractivity contribution in [1.29, 1.82) is 0 Å². The molecule has 1 atom stereocenters. The molecule has 1 aromatic rings. The fourth-order valence-electron chi connectivity index (χ4n) is 4.24. The quantitative estimate of drug-likeness (QED) is 0.372. The van der Waals surface area contributed by atoms with Crippen molar-refractivity contribution < 1.29 is 9.47 Å². The van der Waals surface area contributed by atoms with E-state index in [2.05, 4.69) is 27.8 Å². The lowest BCUT2D eigenvalue weighted by Gasteiger charge is -2.31. The van der Waals surface area contributed by atoms with Gasteiger partial charge in [0, 0.05) is 49.7 Å². The zero-order valence-corrected chi connectivity index (χ0v) is 17.8. The predicted molar refractivity (Wildman–Crippen MR) is 115 cm³/mol. The molecular formula is C22H34ClN3O2. The van der Waals surface area contributed by atoms with Crippen molar-refractivity contribution in [1.82, 2.24) is 10.6 Å². The topological polar surface area (TPSA) is 54.9 Å². The van der Waals surface area contributed by atoms with Gasteiger partial charge in [-0.15, -0.1) is 0 Å². The zero-order valence-electron chi connectivity index (χ0n) is 17.0. The summed E-state index contributed by atoms with van der Waals surface area (Å²) in [6.45, 7) is 5.08. The second kappa shape index (κ2) is 11.0. The first-order valence-electron chi connectivity index (χ1n) is 10.6. The number of ether oxygens (including phenoxy) is 2. The van der Waals surface area contributed by atoms with Crippen molar-refractivity contribution >= 4 is 17.6 Å².